The summed E-state index contributed by atoms with van der Waals surface area (Å²) in [5, 5.41) is 2.36. The Morgan fingerprint density at radius 1 is 1.43 bits per heavy atom. The van der Waals surface area contributed by atoms with Gasteiger partial charge < -0.3 is 19.9 Å². The molecular weight excluding hydrogens is 296 g/mol. The Balaban J connectivity index is 0.00000149. The van der Waals surface area contributed by atoms with Gasteiger partial charge in [-0.1, -0.05) is 33.1 Å². The highest BCUT2D eigenvalue weighted by atomic mass is 16.5. The van der Waals surface area contributed by atoms with Crippen LogP contribution in [0.25, 0.3) is 0 Å². The number of H-pyrrole nitrogens is 1. The summed E-state index contributed by atoms with van der Waals surface area (Å²) >= 11 is 0. The number of nitrogens with zero attached hydrogens (tertiary/aromatic N) is 2. The van der Waals surface area contributed by atoms with Gasteiger partial charge in [-0.2, -0.15) is 0 Å². The fourth-order valence-corrected chi connectivity index (χ4v) is 1.59. The average molecular weight is 322 g/mol. The molecule has 1 heterocycles. The number of methoxy groups -OCH3 is 1. The van der Waals surface area contributed by atoms with E-state index in [0.29, 0.717) is 24.6 Å². The largest absolute Gasteiger partial charge is 0.453 e. The Bertz CT molecular complexity index is 520. The summed E-state index contributed by atoms with van der Waals surface area (Å²) in [5.74, 6) is 2.83. The number of aromatic amines is 1. The summed E-state index contributed by atoms with van der Waals surface area (Å²) in [7, 11) is 1.24. The molecule has 0 radical (unpaired) electrons. The van der Waals surface area contributed by atoms with Crippen LogP contribution in [0.3, 0.4) is 0 Å². The van der Waals surface area contributed by atoms with Gasteiger partial charge in [0.25, 0.3) is 0 Å². The third kappa shape index (κ3) is 8.51. The maximum Gasteiger partial charge on any atom is 0.407 e. The lowest BCUT2D eigenvalue weighted by Crippen LogP contribution is -2.40. The van der Waals surface area contributed by atoms with Gasteiger partial charge in [-0.05, 0) is 6.42 Å². The van der Waals surface area contributed by atoms with Gasteiger partial charge in [-0.15, -0.1) is 6.42 Å². The van der Waals surface area contributed by atoms with E-state index >= 15 is 0 Å². The molecule has 0 aliphatic carbocycles. The van der Waals surface area contributed by atoms with Crippen molar-refractivity contribution in [3.8, 4) is 12.3 Å². The molecule has 0 bridgehead atoms. The van der Waals surface area contributed by atoms with Gasteiger partial charge in [-0.25, -0.2) is 9.78 Å². The Labute approximate surface area is 137 Å². The summed E-state index contributed by atoms with van der Waals surface area (Å²) < 4.78 is 4.42. The highest BCUT2D eigenvalue weighted by Gasteiger charge is 2.15. The van der Waals surface area contributed by atoms with E-state index in [1.54, 1.807) is 4.90 Å². The molecule has 2 N–H and O–H groups in total. The number of carbonyl (C=O) groups excluding carboxylic acids is 2. The van der Waals surface area contributed by atoms with Crippen LogP contribution in [-0.2, 0) is 16.1 Å². The number of ether oxygens (including phenoxy) is 1. The van der Waals surface area contributed by atoms with Crippen LogP contribution in [0.1, 0.15) is 45.1 Å². The Morgan fingerprint density at radius 3 is 2.57 bits per heavy atom. The molecule has 0 spiro atoms. The van der Waals surface area contributed by atoms with E-state index in [-0.39, 0.29) is 12.5 Å². The molecule has 2 amide bonds. The van der Waals surface area contributed by atoms with Crippen molar-refractivity contribution in [2.45, 2.75) is 40.2 Å². The van der Waals surface area contributed by atoms with Crippen LogP contribution in [0.2, 0.25) is 0 Å². The molecule has 0 aromatic carbocycles. The zero-order valence-electron chi connectivity index (χ0n) is 14.3. The number of hydrogen-bond donors (Lipinski definition) is 2. The van der Waals surface area contributed by atoms with E-state index in [1.165, 1.54) is 19.7 Å². The SMILES string of the molecule is C#Cc1cnc(CN(CCC)C(=O)CNC(=O)OC)[nH]1.CCC. The number of nitrogens with one attached hydrogen (secondary N) is 2. The standard InChI is InChI=1S/C13H18N4O3.C3H8/c1-4-6-17(12(18)8-15-13(19)20-3)9-11-14-7-10(5-2)16-11;1-3-2/h2,7H,4,6,8-9H2,1,3H3,(H,14,16)(H,15,19);3H2,1-2H3. The first-order valence-corrected chi connectivity index (χ1v) is 7.62. The van der Waals surface area contributed by atoms with Crippen molar-refractivity contribution in [2.75, 3.05) is 20.2 Å². The van der Waals surface area contributed by atoms with E-state index in [0.717, 1.165) is 6.42 Å². The molecule has 0 saturated heterocycles. The molecule has 1 aromatic heterocycles. The quantitative estimate of drug-likeness (QED) is 0.783. The number of aromatic nitrogens is 2. The van der Waals surface area contributed by atoms with Crippen LogP contribution in [0.4, 0.5) is 4.79 Å². The molecule has 0 aliphatic heterocycles. The minimum atomic E-state index is -0.637. The lowest BCUT2D eigenvalue weighted by atomic mass is 10.3. The van der Waals surface area contributed by atoms with Crippen LogP contribution in [-0.4, -0.2) is 47.1 Å². The van der Waals surface area contributed by atoms with Gasteiger partial charge in [-0.3, -0.25) is 4.79 Å². The fourth-order valence-electron chi connectivity index (χ4n) is 1.59. The predicted octanol–water partition coefficient (Wildman–Crippen LogP) is 1.90. The smallest absolute Gasteiger partial charge is 0.407 e. The summed E-state index contributed by atoms with van der Waals surface area (Å²) in [4.78, 5) is 31.6. The molecule has 23 heavy (non-hydrogen) atoms. The van der Waals surface area contributed by atoms with Crippen molar-refractivity contribution in [3.63, 3.8) is 0 Å². The molecule has 0 fully saturated rings. The zero-order chi connectivity index (χ0) is 17.7. The summed E-state index contributed by atoms with van der Waals surface area (Å²) in [6.07, 6.45) is 8.20. The third-order valence-corrected chi connectivity index (χ3v) is 2.54. The van der Waals surface area contributed by atoms with Gasteiger partial charge >= 0.3 is 6.09 Å². The molecule has 7 heteroatoms. The topological polar surface area (TPSA) is 87.3 Å². The van der Waals surface area contributed by atoms with Crippen molar-refractivity contribution < 1.29 is 14.3 Å². The Hall–Kier alpha value is -2.49. The van der Waals surface area contributed by atoms with Crippen LogP contribution in [0.15, 0.2) is 6.20 Å². The van der Waals surface area contributed by atoms with Crippen molar-refractivity contribution >= 4 is 12.0 Å². The van der Waals surface area contributed by atoms with Gasteiger partial charge in [0.05, 0.1) is 19.9 Å². The molecule has 0 atom stereocenters. The van der Waals surface area contributed by atoms with E-state index in [9.17, 15) is 9.59 Å². The van der Waals surface area contributed by atoms with E-state index < -0.39 is 6.09 Å². The highest BCUT2D eigenvalue weighted by molar-refractivity contribution is 5.82. The summed E-state index contributed by atoms with van der Waals surface area (Å²) in [5.41, 5.74) is 0.566. The Kier molecular flexibility index (Phi) is 10.8. The van der Waals surface area contributed by atoms with Gasteiger partial charge in [0, 0.05) is 6.54 Å². The third-order valence-electron chi connectivity index (χ3n) is 2.54. The molecular formula is C16H26N4O3. The minimum absolute atomic E-state index is 0.116. The number of carbonyl (C=O) groups is 2. The summed E-state index contributed by atoms with van der Waals surface area (Å²) in [6.45, 7) is 6.98. The van der Waals surface area contributed by atoms with E-state index in [1.807, 2.05) is 6.92 Å². The number of amides is 2. The van der Waals surface area contributed by atoms with Gasteiger partial charge in [0.2, 0.25) is 5.91 Å². The van der Waals surface area contributed by atoms with Crippen molar-refractivity contribution in [1.82, 2.24) is 20.2 Å². The van der Waals surface area contributed by atoms with Crippen LogP contribution in [0, 0.1) is 12.3 Å². The molecule has 0 unspecified atom stereocenters. The first kappa shape index (κ1) is 20.5. The number of imidazole rings is 1. The van der Waals surface area contributed by atoms with E-state index in [2.05, 4.69) is 39.8 Å². The number of hydrogen-bond acceptors (Lipinski definition) is 4. The molecule has 0 aliphatic rings. The lowest BCUT2D eigenvalue weighted by molar-refractivity contribution is -0.130. The maximum absolute atomic E-state index is 12.0. The fraction of sp³-hybridized carbons (Fsp3) is 0.562. The number of alkyl carbamates (subject to hydrolysis) is 1. The molecule has 128 valence electrons. The monoisotopic (exact) mass is 322 g/mol. The predicted molar refractivity (Wildman–Crippen MR) is 88.6 cm³/mol. The van der Waals surface area contributed by atoms with Gasteiger partial charge in [0.1, 0.15) is 18.1 Å². The maximum atomic E-state index is 12.0. The first-order valence-electron chi connectivity index (χ1n) is 7.62. The molecule has 0 saturated carbocycles. The normalized spacial score (nSPS) is 9.17. The molecule has 1 rings (SSSR count). The summed E-state index contributed by atoms with van der Waals surface area (Å²) in [6, 6.07) is 0. The lowest BCUT2D eigenvalue weighted by Gasteiger charge is -2.21. The van der Waals surface area contributed by atoms with Crippen LogP contribution in [0.5, 0.6) is 0 Å². The molecule has 7 nitrogen and oxygen atoms in total. The first-order chi connectivity index (χ1) is 11.0. The van der Waals surface area contributed by atoms with Crippen molar-refractivity contribution in [1.29, 1.82) is 0 Å². The average Bonchev–Trinajstić information content (AvgIpc) is 3.00. The van der Waals surface area contributed by atoms with Crippen molar-refractivity contribution in [3.05, 3.63) is 17.7 Å². The second-order valence-electron chi connectivity index (χ2n) is 4.76. The number of rotatable bonds is 6. The minimum Gasteiger partial charge on any atom is -0.453 e. The molecule has 1 aromatic rings. The number of terminal acetylenes is 1. The van der Waals surface area contributed by atoms with Gasteiger partial charge in [0.15, 0.2) is 0 Å². The highest BCUT2D eigenvalue weighted by Crippen LogP contribution is 2.03. The zero-order valence-corrected chi connectivity index (χ0v) is 14.3. The Morgan fingerprint density at radius 2 is 2.09 bits per heavy atom. The van der Waals surface area contributed by atoms with Crippen LogP contribution >= 0.6 is 0 Å². The van der Waals surface area contributed by atoms with Crippen LogP contribution < -0.4 is 5.32 Å². The second-order valence-corrected chi connectivity index (χ2v) is 4.76. The van der Waals surface area contributed by atoms with Crippen molar-refractivity contribution in [2.24, 2.45) is 0 Å². The second kappa shape index (κ2) is 12.1. The van der Waals surface area contributed by atoms with E-state index in [4.69, 9.17) is 6.42 Å².